The SMILES string of the molecule is C[C@H]1CN(c2ccc(Nc3ncc4ccn(Cc5cccc6c5N(C)S(=O)(=O)C6)c4n3)cc2)CCN1. The van der Waals surface area contributed by atoms with E-state index < -0.39 is 10.0 Å². The van der Waals surface area contributed by atoms with Crippen LogP contribution in [0.15, 0.2) is 60.9 Å². The van der Waals surface area contributed by atoms with Crippen LogP contribution in [0.1, 0.15) is 18.1 Å². The van der Waals surface area contributed by atoms with Gasteiger partial charge in [0.2, 0.25) is 16.0 Å². The zero-order valence-corrected chi connectivity index (χ0v) is 21.2. The van der Waals surface area contributed by atoms with Crippen LogP contribution in [0.4, 0.5) is 23.0 Å². The van der Waals surface area contributed by atoms with E-state index in [1.807, 2.05) is 41.2 Å². The van der Waals surface area contributed by atoms with Gasteiger partial charge in [-0.1, -0.05) is 18.2 Å². The average Bonchev–Trinajstić information content (AvgIpc) is 3.36. The van der Waals surface area contributed by atoms with Crippen molar-refractivity contribution in [3.63, 3.8) is 0 Å². The maximum atomic E-state index is 12.4. The molecule has 9 nitrogen and oxygen atoms in total. The fourth-order valence-corrected chi connectivity index (χ4v) is 6.45. The highest BCUT2D eigenvalue weighted by Gasteiger charge is 2.32. The van der Waals surface area contributed by atoms with Crippen LogP contribution in [-0.4, -0.2) is 55.7 Å². The molecule has 0 saturated carbocycles. The van der Waals surface area contributed by atoms with Gasteiger partial charge in [0, 0.05) is 61.9 Å². The van der Waals surface area contributed by atoms with Gasteiger partial charge in [-0.05, 0) is 48.4 Å². The summed E-state index contributed by atoms with van der Waals surface area (Å²) in [5.74, 6) is 0.561. The van der Waals surface area contributed by atoms with Gasteiger partial charge in [-0.25, -0.2) is 13.4 Å². The molecular weight excluding hydrogens is 474 g/mol. The molecule has 0 bridgehead atoms. The molecule has 0 radical (unpaired) electrons. The summed E-state index contributed by atoms with van der Waals surface area (Å²) in [6, 6.07) is 16.6. The molecule has 0 amide bonds. The van der Waals surface area contributed by atoms with Crippen LogP contribution >= 0.6 is 0 Å². The lowest BCUT2D eigenvalue weighted by Crippen LogP contribution is -2.49. The number of piperazine rings is 1. The second kappa shape index (κ2) is 8.79. The lowest BCUT2D eigenvalue weighted by molar-refractivity contribution is 0.485. The van der Waals surface area contributed by atoms with Crippen LogP contribution in [0, 0.1) is 0 Å². The van der Waals surface area contributed by atoms with Crippen LogP contribution < -0.4 is 19.8 Å². The number of aromatic nitrogens is 3. The van der Waals surface area contributed by atoms with E-state index in [1.165, 1.54) is 9.99 Å². The lowest BCUT2D eigenvalue weighted by atomic mass is 10.1. The van der Waals surface area contributed by atoms with Crippen molar-refractivity contribution in [3.8, 4) is 0 Å². The third-order valence-electron chi connectivity index (χ3n) is 6.97. The first kappa shape index (κ1) is 22.8. The van der Waals surface area contributed by atoms with Gasteiger partial charge < -0.3 is 20.1 Å². The monoisotopic (exact) mass is 503 g/mol. The molecule has 1 atom stereocenters. The predicted octanol–water partition coefficient (Wildman–Crippen LogP) is 3.30. The van der Waals surface area contributed by atoms with E-state index in [0.717, 1.165) is 53.2 Å². The topological polar surface area (TPSA) is 95.4 Å². The normalized spacial score (nSPS) is 19.0. The van der Waals surface area contributed by atoms with E-state index in [-0.39, 0.29) is 5.75 Å². The Balaban J connectivity index is 1.24. The maximum Gasteiger partial charge on any atom is 0.239 e. The third-order valence-corrected chi connectivity index (χ3v) is 8.67. The van der Waals surface area contributed by atoms with E-state index in [2.05, 4.69) is 51.7 Å². The van der Waals surface area contributed by atoms with Gasteiger partial charge in [0.15, 0.2) is 0 Å². The lowest BCUT2D eigenvalue weighted by Gasteiger charge is -2.33. The highest BCUT2D eigenvalue weighted by molar-refractivity contribution is 7.92. The molecule has 0 spiro atoms. The van der Waals surface area contributed by atoms with E-state index in [4.69, 9.17) is 4.98 Å². The Kier molecular flexibility index (Phi) is 5.57. The second-order valence-electron chi connectivity index (χ2n) is 9.54. The minimum atomic E-state index is -3.30. The number of nitrogens with zero attached hydrogens (tertiary/aromatic N) is 5. The van der Waals surface area contributed by atoms with Crippen molar-refractivity contribution in [3.05, 3.63) is 72.1 Å². The first-order chi connectivity index (χ1) is 17.4. The summed E-state index contributed by atoms with van der Waals surface area (Å²) in [5.41, 5.74) is 5.47. The molecule has 6 rings (SSSR count). The number of rotatable bonds is 5. The molecule has 10 heteroatoms. The molecule has 36 heavy (non-hydrogen) atoms. The number of fused-ring (bicyclic) bond motifs is 2. The van der Waals surface area contributed by atoms with Crippen molar-refractivity contribution in [1.29, 1.82) is 0 Å². The smallest absolute Gasteiger partial charge is 0.239 e. The zero-order chi connectivity index (χ0) is 24.9. The number of anilines is 4. The molecule has 2 aromatic carbocycles. The largest absolute Gasteiger partial charge is 0.369 e. The van der Waals surface area contributed by atoms with E-state index in [1.54, 1.807) is 7.05 Å². The Hall–Kier alpha value is -3.63. The molecule has 2 N–H and O–H groups in total. The molecule has 1 saturated heterocycles. The summed E-state index contributed by atoms with van der Waals surface area (Å²) >= 11 is 0. The third kappa shape index (κ3) is 4.16. The van der Waals surface area contributed by atoms with Crippen molar-refractivity contribution in [2.45, 2.75) is 25.3 Å². The summed E-state index contributed by atoms with van der Waals surface area (Å²) in [5, 5.41) is 7.72. The highest BCUT2D eigenvalue weighted by atomic mass is 32.2. The Bertz CT molecular complexity index is 1530. The van der Waals surface area contributed by atoms with Gasteiger partial charge in [0.25, 0.3) is 0 Å². The average molecular weight is 504 g/mol. The van der Waals surface area contributed by atoms with Gasteiger partial charge in [0.05, 0.1) is 18.0 Å². The van der Waals surface area contributed by atoms with Crippen molar-refractivity contribution >= 4 is 44.1 Å². The number of benzene rings is 2. The fourth-order valence-electron chi connectivity index (χ4n) is 5.12. The summed E-state index contributed by atoms with van der Waals surface area (Å²) < 4.78 is 28.3. The number of sulfonamides is 1. The van der Waals surface area contributed by atoms with E-state index in [0.29, 0.717) is 18.5 Å². The van der Waals surface area contributed by atoms with Gasteiger partial charge in [-0.2, -0.15) is 4.98 Å². The number of para-hydroxylation sites is 1. The molecule has 0 aliphatic carbocycles. The Morgan fingerprint density at radius 1 is 1.14 bits per heavy atom. The number of hydrogen-bond acceptors (Lipinski definition) is 7. The number of hydrogen-bond donors (Lipinski definition) is 2. The summed E-state index contributed by atoms with van der Waals surface area (Å²) in [7, 11) is -1.68. The first-order valence-corrected chi connectivity index (χ1v) is 13.7. The van der Waals surface area contributed by atoms with Gasteiger partial charge in [-0.15, -0.1) is 0 Å². The van der Waals surface area contributed by atoms with Gasteiger partial charge in [0.1, 0.15) is 5.65 Å². The summed E-state index contributed by atoms with van der Waals surface area (Å²) in [6.07, 6.45) is 3.78. The highest BCUT2D eigenvalue weighted by Crippen LogP contribution is 2.36. The molecular formula is C26H29N7O2S. The molecule has 2 aliphatic heterocycles. The quantitative estimate of drug-likeness (QED) is 0.431. The van der Waals surface area contributed by atoms with Gasteiger partial charge in [-0.3, -0.25) is 4.31 Å². The van der Waals surface area contributed by atoms with E-state index >= 15 is 0 Å². The second-order valence-corrected chi connectivity index (χ2v) is 11.5. The molecule has 1 fully saturated rings. The number of nitrogens with one attached hydrogen (secondary N) is 2. The molecule has 2 aromatic heterocycles. The Labute approximate surface area is 210 Å². The van der Waals surface area contributed by atoms with Crippen LogP contribution in [0.3, 0.4) is 0 Å². The van der Waals surface area contributed by atoms with Crippen LogP contribution in [0.25, 0.3) is 11.0 Å². The zero-order valence-electron chi connectivity index (χ0n) is 20.3. The molecule has 4 heterocycles. The van der Waals surface area contributed by atoms with Crippen molar-refractivity contribution in [1.82, 2.24) is 19.9 Å². The van der Waals surface area contributed by atoms with Crippen LogP contribution in [0.2, 0.25) is 0 Å². The standard InChI is InChI=1S/C26H29N7O2S/c1-18-15-32(13-11-27-18)23-8-6-22(7-9-23)29-26-28-14-19-10-12-33(25(19)30-26)16-20-4-3-5-21-17-36(34,35)31(2)24(20)21/h3-10,12,14,18,27H,11,13,15-17H2,1-2H3,(H,28,29,30)/t18-/m0/s1. The molecule has 186 valence electrons. The molecule has 4 aromatic rings. The predicted molar refractivity (Wildman–Crippen MR) is 144 cm³/mol. The Morgan fingerprint density at radius 2 is 1.97 bits per heavy atom. The van der Waals surface area contributed by atoms with Crippen molar-refractivity contribution < 1.29 is 8.42 Å². The minimum absolute atomic E-state index is 0.0435. The van der Waals surface area contributed by atoms with E-state index in [9.17, 15) is 8.42 Å². The van der Waals surface area contributed by atoms with Gasteiger partial charge >= 0.3 is 0 Å². The Morgan fingerprint density at radius 3 is 2.78 bits per heavy atom. The molecule has 0 unspecified atom stereocenters. The van der Waals surface area contributed by atoms with Crippen molar-refractivity contribution in [2.24, 2.45) is 0 Å². The van der Waals surface area contributed by atoms with Crippen molar-refractivity contribution in [2.75, 3.05) is 41.2 Å². The maximum absolute atomic E-state index is 12.4. The molecule has 2 aliphatic rings. The summed E-state index contributed by atoms with van der Waals surface area (Å²) in [4.78, 5) is 11.7. The van der Waals surface area contributed by atoms with Crippen LogP contribution in [0.5, 0.6) is 0 Å². The van der Waals surface area contributed by atoms with Crippen LogP contribution in [-0.2, 0) is 22.3 Å². The minimum Gasteiger partial charge on any atom is -0.369 e. The fraction of sp³-hybridized carbons (Fsp3) is 0.308. The summed E-state index contributed by atoms with van der Waals surface area (Å²) in [6.45, 7) is 5.71. The first-order valence-electron chi connectivity index (χ1n) is 12.1.